The maximum atomic E-state index is 13.3. The van der Waals surface area contributed by atoms with Crippen molar-refractivity contribution in [2.45, 2.75) is 96.1 Å². The fourth-order valence-electron chi connectivity index (χ4n) is 6.43. The first kappa shape index (κ1) is 19.8. The quantitative estimate of drug-likeness (QED) is 0.665. The van der Waals surface area contributed by atoms with Gasteiger partial charge in [0.25, 0.3) is 0 Å². The summed E-state index contributed by atoms with van der Waals surface area (Å²) in [5, 5.41) is 5.15. The molecule has 2 aliphatic carbocycles. The third kappa shape index (κ3) is 3.00. The number of carbonyl (C=O) groups excluding carboxylic acids is 1. The number of amides is 1. The van der Waals surface area contributed by atoms with Crippen molar-refractivity contribution in [3.63, 3.8) is 0 Å². The van der Waals surface area contributed by atoms with E-state index in [9.17, 15) is 4.79 Å². The summed E-state index contributed by atoms with van der Waals surface area (Å²) < 4.78 is 2.23. The Morgan fingerprint density at radius 2 is 1.87 bits per heavy atom. The summed E-state index contributed by atoms with van der Waals surface area (Å²) in [5.74, 6) is 2.33. The van der Waals surface area contributed by atoms with Gasteiger partial charge in [-0.15, -0.1) is 5.10 Å². The summed E-state index contributed by atoms with van der Waals surface area (Å²) in [6.07, 6.45) is 12.4. The molecule has 1 amide bonds. The number of carbonyl (C=O) groups is 1. The van der Waals surface area contributed by atoms with Crippen LogP contribution in [0.1, 0.15) is 83.1 Å². The van der Waals surface area contributed by atoms with Gasteiger partial charge in [0, 0.05) is 23.9 Å². The van der Waals surface area contributed by atoms with Crippen molar-refractivity contribution in [2.75, 3.05) is 4.90 Å². The van der Waals surface area contributed by atoms with Crippen molar-refractivity contribution >= 4 is 11.9 Å². The number of hydrogen-bond acceptors (Lipinski definition) is 3. The molecule has 2 saturated carbocycles. The standard InChI is InChI=1S/C25H34N4O/c1-3-11-22(30)28-21-15-8-7-14-20(21)25(16-9-4-10-17-25)29-24(28)26-23(27-29)19-13-6-5-12-18(19)2/h5-6,12-13,20-21H,3-4,7-11,14-17H2,1-2H3. The lowest BCUT2D eigenvalue weighted by Gasteiger charge is -2.55. The zero-order valence-electron chi connectivity index (χ0n) is 18.4. The molecule has 3 aliphatic rings. The normalized spacial score (nSPS) is 25.1. The lowest BCUT2D eigenvalue weighted by Crippen LogP contribution is -2.61. The highest BCUT2D eigenvalue weighted by Crippen LogP contribution is 2.53. The van der Waals surface area contributed by atoms with Gasteiger partial charge in [0.1, 0.15) is 0 Å². The maximum Gasteiger partial charge on any atom is 0.231 e. The number of aromatic nitrogens is 3. The Bertz CT molecular complexity index is 927. The second-order valence-electron chi connectivity index (χ2n) is 9.60. The van der Waals surface area contributed by atoms with Gasteiger partial charge in [-0.2, -0.15) is 4.98 Å². The fourth-order valence-corrected chi connectivity index (χ4v) is 6.43. The van der Waals surface area contributed by atoms with Crippen LogP contribution in [-0.2, 0) is 10.3 Å². The van der Waals surface area contributed by atoms with Crippen LogP contribution in [0.5, 0.6) is 0 Å². The number of hydrogen-bond donors (Lipinski definition) is 0. The summed E-state index contributed by atoms with van der Waals surface area (Å²) in [7, 11) is 0. The maximum absolute atomic E-state index is 13.3. The molecule has 0 radical (unpaired) electrons. The van der Waals surface area contributed by atoms with E-state index < -0.39 is 0 Å². The molecule has 2 atom stereocenters. The van der Waals surface area contributed by atoms with Gasteiger partial charge >= 0.3 is 0 Å². The van der Waals surface area contributed by atoms with Crippen molar-refractivity contribution in [3.05, 3.63) is 29.8 Å². The molecule has 5 rings (SSSR count). The molecule has 1 aliphatic heterocycles. The molecule has 5 nitrogen and oxygen atoms in total. The van der Waals surface area contributed by atoms with Gasteiger partial charge in [-0.25, -0.2) is 4.68 Å². The van der Waals surface area contributed by atoms with E-state index in [1.165, 1.54) is 56.9 Å². The molecule has 2 aromatic rings. The lowest BCUT2D eigenvalue weighted by atomic mass is 9.64. The molecule has 2 unspecified atom stereocenters. The van der Waals surface area contributed by atoms with E-state index in [-0.39, 0.29) is 17.5 Å². The topological polar surface area (TPSA) is 51.0 Å². The van der Waals surface area contributed by atoms with Crippen molar-refractivity contribution in [1.82, 2.24) is 14.8 Å². The van der Waals surface area contributed by atoms with Crippen LogP contribution in [0, 0.1) is 12.8 Å². The molecule has 1 spiro atoms. The molecule has 1 aromatic carbocycles. The van der Waals surface area contributed by atoms with Gasteiger partial charge < -0.3 is 0 Å². The van der Waals surface area contributed by atoms with Crippen LogP contribution in [0.25, 0.3) is 11.4 Å². The van der Waals surface area contributed by atoms with Gasteiger partial charge in [-0.3, -0.25) is 9.69 Å². The average Bonchev–Trinajstić information content (AvgIpc) is 3.21. The Kier molecular flexibility index (Phi) is 5.16. The minimum absolute atomic E-state index is 0.0373. The van der Waals surface area contributed by atoms with E-state index in [2.05, 4.69) is 47.7 Å². The van der Waals surface area contributed by atoms with Gasteiger partial charge in [-0.1, -0.05) is 63.3 Å². The fraction of sp³-hybridized carbons (Fsp3) is 0.640. The number of fused-ring (bicyclic) bond motifs is 4. The molecule has 2 fully saturated rings. The number of nitrogens with zero attached hydrogens (tertiary/aromatic N) is 4. The van der Waals surface area contributed by atoms with E-state index in [1.807, 2.05) is 0 Å². The summed E-state index contributed by atoms with van der Waals surface area (Å²) in [5.41, 5.74) is 2.30. The first-order valence-corrected chi connectivity index (χ1v) is 12.0. The number of benzene rings is 1. The first-order valence-electron chi connectivity index (χ1n) is 12.0. The van der Waals surface area contributed by atoms with Gasteiger partial charge in [-0.05, 0) is 44.6 Å². The molecule has 0 bridgehead atoms. The third-order valence-corrected chi connectivity index (χ3v) is 7.82. The highest BCUT2D eigenvalue weighted by atomic mass is 16.2. The van der Waals surface area contributed by atoms with E-state index in [1.54, 1.807) is 0 Å². The number of aryl methyl sites for hydroxylation is 1. The Labute approximate surface area is 179 Å². The van der Waals surface area contributed by atoms with Crippen molar-refractivity contribution in [2.24, 2.45) is 5.92 Å². The van der Waals surface area contributed by atoms with Gasteiger partial charge in [0.05, 0.1) is 5.54 Å². The molecule has 30 heavy (non-hydrogen) atoms. The number of anilines is 1. The zero-order chi connectivity index (χ0) is 20.7. The van der Waals surface area contributed by atoms with Crippen LogP contribution in [-0.4, -0.2) is 26.7 Å². The van der Waals surface area contributed by atoms with Crippen molar-refractivity contribution in [1.29, 1.82) is 0 Å². The summed E-state index contributed by atoms with van der Waals surface area (Å²) in [4.78, 5) is 20.5. The van der Waals surface area contributed by atoms with Gasteiger partial charge in [0.15, 0.2) is 5.82 Å². The minimum atomic E-state index is 0.0373. The van der Waals surface area contributed by atoms with Crippen LogP contribution in [0.2, 0.25) is 0 Å². The zero-order valence-corrected chi connectivity index (χ0v) is 18.4. The Morgan fingerprint density at radius 1 is 1.10 bits per heavy atom. The number of rotatable bonds is 3. The van der Waals surface area contributed by atoms with Crippen LogP contribution in [0.4, 0.5) is 5.95 Å². The van der Waals surface area contributed by atoms with E-state index in [4.69, 9.17) is 10.1 Å². The van der Waals surface area contributed by atoms with Crippen molar-refractivity contribution < 1.29 is 4.79 Å². The van der Waals surface area contributed by atoms with Crippen LogP contribution in [0.3, 0.4) is 0 Å². The Morgan fingerprint density at radius 3 is 2.63 bits per heavy atom. The van der Waals surface area contributed by atoms with Gasteiger partial charge in [0.2, 0.25) is 11.9 Å². The Balaban J connectivity index is 1.70. The third-order valence-electron chi connectivity index (χ3n) is 7.82. The molecule has 1 aromatic heterocycles. The van der Waals surface area contributed by atoms with E-state index >= 15 is 0 Å². The highest BCUT2D eigenvalue weighted by Gasteiger charge is 2.54. The first-order chi connectivity index (χ1) is 14.7. The molecule has 160 valence electrons. The van der Waals surface area contributed by atoms with Crippen LogP contribution >= 0.6 is 0 Å². The molecular weight excluding hydrogens is 372 g/mol. The molecule has 5 heteroatoms. The second-order valence-corrected chi connectivity index (χ2v) is 9.60. The average molecular weight is 407 g/mol. The van der Waals surface area contributed by atoms with E-state index in [0.29, 0.717) is 12.3 Å². The smallest absolute Gasteiger partial charge is 0.231 e. The molecule has 0 N–H and O–H groups in total. The second kappa shape index (κ2) is 7.82. The monoisotopic (exact) mass is 406 g/mol. The Hall–Kier alpha value is -2.17. The predicted octanol–water partition coefficient (Wildman–Crippen LogP) is 5.62. The largest absolute Gasteiger partial charge is 0.277 e. The van der Waals surface area contributed by atoms with Crippen LogP contribution < -0.4 is 4.90 Å². The van der Waals surface area contributed by atoms with E-state index in [0.717, 1.165) is 30.2 Å². The predicted molar refractivity (Wildman–Crippen MR) is 119 cm³/mol. The molecule has 0 saturated heterocycles. The summed E-state index contributed by atoms with van der Waals surface area (Å²) in [6.45, 7) is 4.21. The summed E-state index contributed by atoms with van der Waals surface area (Å²) in [6, 6.07) is 8.63. The SMILES string of the molecule is CCCC(=O)N1c2nc(-c3ccccc3C)nn2C2(CCCCC2)C2CCCCC21. The van der Waals surface area contributed by atoms with Crippen LogP contribution in [0.15, 0.2) is 24.3 Å². The minimum Gasteiger partial charge on any atom is -0.277 e. The van der Waals surface area contributed by atoms with Crippen molar-refractivity contribution in [3.8, 4) is 11.4 Å². The molecular formula is C25H34N4O. The highest BCUT2D eigenvalue weighted by molar-refractivity contribution is 5.93. The summed E-state index contributed by atoms with van der Waals surface area (Å²) >= 11 is 0. The molecule has 2 heterocycles. The lowest BCUT2D eigenvalue weighted by molar-refractivity contribution is -0.121.